The molecule has 2 aromatic carbocycles. The van der Waals surface area contributed by atoms with Crippen molar-refractivity contribution in [2.24, 2.45) is 0 Å². The third-order valence-corrected chi connectivity index (χ3v) is 7.57. The Morgan fingerprint density at radius 1 is 1.11 bits per heavy atom. The molecule has 8 heteroatoms. The van der Waals surface area contributed by atoms with Crippen molar-refractivity contribution in [3.05, 3.63) is 59.7 Å². The fourth-order valence-corrected chi connectivity index (χ4v) is 5.39. The molecular weight excluding hydrogens is 460 g/mol. The molecule has 1 N–H and O–H groups in total. The second-order valence-corrected chi connectivity index (χ2v) is 9.72. The summed E-state index contributed by atoms with van der Waals surface area (Å²) < 4.78 is 13.3. The number of hydrogen-bond acceptors (Lipinski definition) is 6. The number of aryl methyl sites for hydroxylation is 1. The Hall–Kier alpha value is -2.84. The summed E-state index contributed by atoms with van der Waals surface area (Å²) in [7, 11) is 0. The maximum absolute atomic E-state index is 12.9. The van der Waals surface area contributed by atoms with Gasteiger partial charge in [-0.1, -0.05) is 48.2 Å². The van der Waals surface area contributed by atoms with Gasteiger partial charge in [-0.25, -0.2) is 0 Å². The van der Waals surface area contributed by atoms with Crippen LogP contribution in [0, 0.1) is 6.92 Å². The van der Waals surface area contributed by atoms with Crippen LogP contribution in [0.1, 0.15) is 37.8 Å². The van der Waals surface area contributed by atoms with Gasteiger partial charge in [-0.15, -0.1) is 10.2 Å². The zero-order valence-electron chi connectivity index (χ0n) is 20.8. The van der Waals surface area contributed by atoms with Crippen LogP contribution in [0.4, 0.5) is 0 Å². The first-order valence-corrected chi connectivity index (χ1v) is 13.2. The first-order chi connectivity index (χ1) is 17.1. The van der Waals surface area contributed by atoms with Crippen LogP contribution in [-0.2, 0) is 21.5 Å². The van der Waals surface area contributed by atoms with E-state index >= 15 is 0 Å². The molecule has 1 amide bonds. The minimum absolute atomic E-state index is 0.00472. The molecule has 1 saturated heterocycles. The smallest absolute Gasteiger partial charge is 0.230 e. The molecule has 0 radical (unpaired) electrons. The molecule has 4 rings (SSSR count). The molecule has 0 spiro atoms. The number of nitrogens with zero attached hydrogens (tertiary/aromatic N) is 3. The van der Waals surface area contributed by atoms with Crippen LogP contribution in [0.15, 0.2) is 53.7 Å². The molecule has 0 aliphatic carbocycles. The zero-order valence-corrected chi connectivity index (χ0v) is 21.6. The van der Waals surface area contributed by atoms with E-state index in [1.54, 1.807) is 0 Å². The Morgan fingerprint density at radius 3 is 2.54 bits per heavy atom. The summed E-state index contributed by atoms with van der Waals surface area (Å²) in [5.41, 5.74) is 3.30. The van der Waals surface area contributed by atoms with E-state index < -0.39 is 0 Å². The quantitative estimate of drug-likeness (QED) is 0.414. The summed E-state index contributed by atoms with van der Waals surface area (Å²) in [5, 5.41) is 12.7. The van der Waals surface area contributed by atoms with Gasteiger partial charge in [-0.05, 0) is 56.9 Å². The van der Waals surface area contributed by atoms with Crippen LogP contribution < -0.4 is 10.1 Å². The van der Waals surface area contributed by atoms with Crippen molar-refractivity contribution >= 4 is 17.7 Å². The van der Waals surface area contributed by atoms with Crippen LogP contribution in [0.3, 0.4) is 0 Å². The van der Waals surface area contributed by atoms with Gasteiger partial charge in [0.15, 0.2) is 11.0 Å². The Labute approximate surface area is 211 Å². The Bertz CT molecular complexity index is 1120. The summed E-state index contributed by atoms with van der Waals surface area (Å²) in [6, 6.07) is 16.4. The van der Waals surface area contributed by atoms with Crippen molar-refractivity contribution in [3.63, 3.8) is 0 Å². The van der Waals surface area contributed by atoms with Crippen LogP contribution in [0.2, 0.25) is 0 Å². The van der Waals surface area contributed by atoms with E-state index in [0.29, 0.717) is 32.1 Å². The number of thioether (sulfide) groups is 1. The van der Waals surface area contributed by atoms with Crippen LogP contribution >= 0.6 is 11.8 Å². The van der Waals surface area contributed by atoms with Crippen molar-refractivity contribution < 1.29 is 14.3 Å². The van der Waals surface area contributed by atoms with Crippen molar-refractivity contribution in [1.82, 2.24) is 20.1 Å². The lowest BCUT2D eigenvalue weighted by atomic mass is 9.74. The minimum Gasteiger partial charge on any atom is -0.494 e. The normalized spacial score (nSPS) is 15.1. The third kappa shape index (κ3) is 5.87. The molecule has 1 aliphatic heterocycles. The number of ether oxygens (including phenoxy) is 2. The summed E-state index contributed by atoms with van der Waals surface area (Å²) in [4.78, 5) is 12.9. The fraction of sp³-hybridized carbons (Fsp3) is 0.444. The lowest BCUT2D eigenvalue weighted by molar-refractivity contribution is -0.119. The first kappa shape index (κ1) is 25.3. The maximum Gasteiger partial charge on any atom is 0.230 e. The van der Waals surface area contributed by atoms with E-state index in [0.717, 1.165) is 47.2 Å². The highest BCUT2D eigenvalue weighted by Crippen LogP contribution is 2.35. The van der Waals surface area contributed by atoms with Crippen molar-refractivity contribution in [2.45, 2.75) is 50.7 Å². The predicted octanol–water partition coefficient (Wildman–Crippen LogP) is 4.63. The summed E-state index contributed by atoms with van der Waals surface area (Å²) in [6.07, 6.45) is 1.75. The van der Waals surface area contributed by atoms with Gasteiger partial charge in [0, 0.05) is 37.3 Å². The topological polar surface area (TPSA) is 78.3 Å². The summed E-state index contributed by atoms with van der Waals surface area (Å²) in [5.74, 6) is 1.99. The SMILES string of the molecule is CCOc1ccc(C2(CNC(=O)CSc3nnc(-c4ccccc4C)n3CC)CCOCC2)cc1. The van der Waals surface area contributed by atoms with Gasteiger partial charge in [0.25, 0.3) is 0 Å². The van der Waals surface area contributed by atoms with Crippen molar-refractivity contribution in [1.29, 1.82) is 0 Å². The lowest BCUT2D eigenvalue weighted by Crippen LogP contribution is -2.45. The molecule has 35 heavy (non-hydrogen) atoms. The monoisotopic (exact) mass is 494 g/mol. The minimum atomic E-state index is -0.134. The van der Waals surface area contributed by atoms with Gasteiger partial charge in [-0.3, -0.25) is 4.79 Å². The number of benzene rings is 2. The Balaban J connectivity index is 1.40. The van der Waals surface area contributed by atoms with E-state index in [-0.39, 0.29) is 11.3 Å². The number of aromatic nitrogens is 3. The van der Waals surface area contributed by atoms with Crippen LogP contribution in [0.25, 0.3) is 11.4 Å². The largest absolute Gasteiger partial charge is 0.494 e. The highest BCUT2D eigenvalue weighted by atomic mass is 32.2. The standard InChI is InChI=1S/C27H34N4O3S/c1-4-31-25(23-9-7-6-8-20(23)3)29-30-26(31)35-18-24(32)28-19-27(14-16-33-17-15-27)21-10-12-22(13-11-21)34-5-2/h6-13H,4-5,14-19H2,1-3H3,(H,28,32). The molecule has 1 aliphatic rings. The molecule has 0 atom stereocenters. The van der Waals surface area contributed by atoms with E-state index in [9.17, 15) is 4.79 Å². The van der Waals surface area contributed by atoms with Gasteiger partial charge in [0.2, 0.25) is 5.91 Å². The molecule has 2 heterocycles. The second kappa shape index (κ2) is 11.7. The van der Waals surface area contributed by atoms with Gasteiger partial charge in [0.1, 0.15) is 5.75 Å². The van der Waals surface area contributed by atoms with Crippen LogP contribution in [0.5, 0.6) is 5.75 Å². The third-order valence-electron chi connectivity index (χ3n) is 6.60. The predicted molar refractivity (Wildman–Crippen MR) is 139 cm³/mol. The van der Waals surface area contributed by atoms with Gasteiger partial charge in [-0.2, -0.15) is 0 Å². The van der Waals surface area contributed by atoms with Crippen molar-refractivity contribution in [3.8, 4) is 17.1 Å². The van der Waals surface area contributed by atoms with E-state index in [2.05, 4.69) is 58.2 Å². The number of nitrogens with one attached hydrogen (secondary N) is 1. The molecule has 1 aromatic heterocycles. The fourth-order valence-electron chi connectivity index (χ4n) is 4.55. The molecule has 1 fully saturated rings. The average molecular weight is 495 g/mol. The second-order valence-electron chi connectivity index (χ2n) is 8.78. The highest BCUT2D eigenvalue weighted by molar-refractivity contribution is 7.99. The van der Waals surface area contributed by atoms with Gasteiger partial charge >= 0.3 is 0 Å². The Kier molecular flexibility index (Phi) is 8.46. The zero-order chi connectivity index (χ0) is 24.7. The Morgan fingerprint density at radius 2 is 1.86 bits per heavy atom. The number of carbonyl (C=O) groups excluding carboxylic acids is 1. The number of amides is 1. The molecule has 0 bridgehead atoms. The van der Waals surface area contributed by atoms with E-state index in [4.69, 9.17) is 9.47 Å². The van der Waals surface area contributed by atoms with Gasteiger partial charge in [0.05, 0.1) is 12.4 Å². The van der Waals surface area contributed by atoms with E-state index in [1.807, 2.05) is 31.2 Å². The van der Waals surface area contributed by atoms with Crippen molar-refractivity contribution in [2.75, 3.05) is 32.1 Å². The number of hydrogen-bond donors (Lipinski definition) is 1. The number of rotatable bonds is 10. The highest BCUT2D eigenvalue weighted by Gasteiger charge is 2.35. The molecule has 7 nitrogen and oxygen atoms in total. The molecular formula is C27H34N4O3S. The summed E-state index contributed by atoms with van der Waals surface area (Å²) in [6.45, 7) is 9.47. The summed E-state index contributed by atoms with van der Waals surface area (Å²) >= 11 is 1.43. The number of carbonyl (C=O) groups is 1. The lowest BCUT2D eigenvalue weighted by Gasteiger charge is -2.38. The maximum atomic E-state index is 12.9. The molecule has 3 aromatic rings. The van der Waals surface area contributed by atoms with Gasteiger partial charge < -0.3 is 19.4 Å². The molecule has 186 valence electrons. The molecule has 0 saturated carbocycles. The first-order valence-electron chi connectivity index (χ1n) is 12.3. The van der Waals surface area contributed by atoms with Crippen LogP contribution in [-0.4, -0.2) is 52.8 Å². The molecule has 0 unspecified atom stereocenters. The average Bonchev–Trinajstić information content (AvgIpc) is 3.30. The van der Waals surface area contributed by atoms with E-state index in [1.165, 1.54) is 17.3 Å².